The number of hydrogen-bond acceptors (Lipinski definition) is 3. The zero-order valence-corrected chi connectivity index (χ0v) is 5.87. The number of carbonyl (C=O) groups excluding carboxylic acids is 1. The number of carbonyl (C=O) groups is 1. The third kappa shape index (κ3) is 1.04. The van der Waals surface area contributed by atoms with Crippen molar-refractivity contribution in [3.63, 3.8) is 0 Å². The lowest BCUT2D eigenvalue weighted by atomic mass is 10.3. The lowest BCUT2D eigenvalue weighted by molar-refractivity contribution is -0.120. The van der Waals surface area contributed by atoms with E-state index in [1.807, 2.05) is 0 Å². The zero-order valence-electron chi connectivity index (χ0n) is 5.87. The largest absolute Gasteiger partial charge is 0.337 e. The Balaban J connectivity index is 2.32. The van der Waals surface area contributed by atoms with Crippen LogP contribution in [0.3, 0.4) is 0 Å². The van der Waals surface area contributed by atoms with Crippen LogP contribution >= 0.6 is 0 Å². The summed E-state index contributed by atoms with van der Waals surface area (Å²) in [6.45, 7) is 0.461. The number of rotatable bonds is 0. The third-order valence-electron chi connectivity index (χ3n) is 1.59. The van der Waals surface area contributed by atoms with Gasteiger partial charge in [-0.25, -0.2) is 9.66 Å². The molecule has 0 bridgehead atoms. The third-order valence-corrected chi connectivity index (χ3v) is 1.59. The second-order valence-corrected chi connectivity index (χ2v) is 2.37. The first-order valence-corrected chi connectivity index (χ1v) is 3.38. The number of imidazole rings is 1. The van der Waals surface area contributed by atoms with Crippen LogP contribution in [0, 0.1) is 0 Å². The zero-order chi connectivity index (χ0) is 7.68. The first-order valence-electron chi connectivity index (χ1n) is 3.38. The van der Waals surface area contributed by atoms with Crippen LogP contribution in [-0.4, -0.2) is 22.2 Å². The van der Waals surface area contributed by atoms with Gasteiger partial charge in [-0.1, -0.05) is 0 Å². The van der Waals surface area contributed by atoms with E-state index in [-0.39, 0.29) is 5.91 Å². The van der Waals surface area contributed by atoms with E-state index < -0.39 is 0 Å². The van der Waals surface area contributed by atoms with Crippen LogP contribution in [0.2, 0.25) is 0 Å². The second kappa shape index (κ2) is 2.26. The van der Waals surface area contributed by atoms with Crippen molar-refractivity contribution < 1.29 is 4.79 Å². The fourth-order valence-electron chi connectivity index (χ4n) is 1.05. The van der Waals surface area contributed by atoms with Gasteiger partial charge in [0, 0.05) is 0 Å². The lowest BCUT2D eigenvalue weighted by Crippen LogP contribution is -2.28. The van der Waals surface area contributed by atoms with Gasteiger partial charge in [-0.15, -0.1) is 0 Å². The summed E-state index contributed by atoms with van der Waals surface area (Å²) in [5.41, 5.74) is 3.85. The van der Waals surface area contributed by atoms with Crippen LogP contribution in [0.5, 0.6) is 0 Å². The maximum absolute atomic E-state index is 11.0. The molecule has 1 amide bonds. The van der Waals surface area contributed by atoms with Gasteiger partial charge in [0.25, 0.3) is 0 Å². The molecule has 0 atom stereocenters. The molecule has 5 heteroatoms. The molecule has 0 radical (unpaired) electrons. The molecule has 0 saturated heterocycles. The first kappa shape index (κ1) is 6.21. The van der Waals surface area contributed by atoms with E-state index in [0.29, 0.717) is 13.1 Å². The minimum atomic E-state index is 0.0248. The van der Waals surface area contributed by atoms with E-state index in [2.05, 4.69) is 15.7 Å². The quantitative estimate of drug-likeness (QED) is 0.504. The van der Waals surface area contributed by atoms with E-state index >= 15 is 0 Å². The van der Waals surface area contributed by atoms with Crippen molar-refractivity contribution in [1.29, 1.82) is 0 Å². The van der Waals surface area contributed by atoms with Gasteiger partial charge in [-0.3, -0.25) is 4.79 Å². The SMILES string of the molecule is O=C1Cc2cncn2NCN1. The molecule has 2 rings (SSSR count). The second-order valence-electron chi connectivity index (χ2n) is 2.37. The minimum absolute atomic E-state index is 0.0248. The summed E-state index contributed by atoms with van der Waals surface area (Å²) in [6.07, 6.45) is 3.72. The molecule has 1 aliphatic rings. The molecule has 1 aliphatic heterocycles. The molecule has 11 heavy (non-hydrogen) atoms. The fourth-order valence-corrected chi connectivity index (χ4v) is 1.05. The van der Waals surface area contributed by atoms with Crippen molar-refractivity contribution in [3.8, 4) is 0 Å². The molecular weight excluding hydrogens is 144 g/mol. The Kier molecular flexibility index (Phi) is 1.28. The van der Waals surface area contributed by atoms with E-state index in [1.54, 1.807) is 17.2 Å². The first-order chi connectivity index (χ1) is 5.36. The van der Waals surface area contributed by atoms with Gasteiger partial charge in [0.05, 0.1) is 18.3 Å². The summed E-state index contributed by atoms with van der Waals surface area (Å²) >= 11 is 0. The van der Waals surface area contributed by atoms with E-state index in [1.165, 1.54) is 0 Å². The van der Waals surface area contributed by atoms with Crippen LogP contribution in [0.4, 0.5) is 0 Å². The van der Waals surface area contributed by atoms with Crippen molar-refractivity contribution in [2.45, 2.75) is 6.42 Å². The number of hydrogen-bond donors (Lipinski definition) is 2. The van der Waals surface area contributed by atoms with E-state index in [4.69, 9.17) is 0 Å². The van der Waals surface area contributed by atoms with Crippen LogP contribution in [0.15, 0.2) is 12.5 Å². The molecule has 1 aromatic rings. The topological polar surface area (TPSA) is 59.0 Å². The van der Waals surface area contributed by atoms with Crippen LogP contribution in [0.25, 0.3) is 0 Å². The van der Waals surface area contributed by atoms with Crippen molar-refractivity contribution in [3.05, 3.63) is 18.2 Å². The van der Waals surface area contributed by atoms with Crippen LogP contribution in [0.1, 0.15) is 5.69 Å². The number of aromatic nitrogens is 2. The number of amides is 1. The summed E-state index contributed by atoms with van der Waals surface area (Å²) in [6, 6.07) is 0. The van der Waals surface area contributed by atoms with Gasteiger partial charge in [-0.05, 0) is 0 Å². The highest BCUT2D eigenvalue weighted by molar-refractivity contribution is 5.78. The summed E-state index contributed by atoms with van der Waals surface area (Å²) in [5, 5.41) is 2.68. The van der Waals surface area contributed by atoms with Crippen molar-refractivity contribution in [2.75, 3.05) is 12.1 Å². The Morgan fingerprint density at radius 1 is 1.64 bits per heavy atom. The average molecular weight is 152 g/mol. The molecule has 0 spiro atoms. The van der Waals surface area contributed by atoms with Crippen molar-refractivity contribution in [1.82, 2.24) is 15.0 Å². The summed E-state index contributed by atoms with van der Waals surface area (Å²) in [5.74, 6) is 0.0248. The van der Waals surface area contributed by atoms with E-state index in [0.717, 1.165) is 5.69 Å². The lowest BCUT2D eigenvalue weighted by Gasteiger charge is -2.03. The molecule has 0 saturated carbocycles. The predicted molar refractivity (Wildman–Crippen MR) is 38.3 cm³/mol. The van der Waals surface area contributed by atoms with Crippen LogP contribution < -0.4 is 10.7 Å². The highest BCUT2D eigenvalue weighted by atomic mass is 16.1. The highest BCUT2D eigenvalue weighted by Gasteiger charge is 2.10. The van der Waals surface area contributed by atoms with Gasteiger partial charge in [0.1, 0.15) is 13.0 Å². The Morgan fingerprint density at radius 2 is 2.55 bits per heavy atom. The maximum Gasteiger partial charge on any atom is 0.227 e. The monoisotopic (exact) mass is 152 g/mol. The van der Waals surface area contributed by atoms with Crippen molar-refractivity contribution in [2.24, 2.45) is 0 Å². The van der Waals surface area contributed by atoms with Gasteiger partial charge in [0.15, 0.2) is 0 Å². The van der Waals surface area contributed by atoms with Crippen LogP contribution in [-0.2, 0) is 11.2 Å². The molecule has 2 heterocycles. The molecular formula is C6H8N4O. The molecule has 5 nitrogen and oxygen atoms in total. The summed E-state index contributed by atoms with van der Waals surface area (Å²) < 4.78 is 1.75. The smallest absolute Gasteiger partial charge is 0.227 e. The Labute approximate surface area is 63.4 Å². The summed E-state index contributed by atoms with van der Waals surface area (Å²) in [7, 11) is 0. The van der Waals surface area contributed by atoms with Gasteiger partial charge >= 0.3 is 0 Å². The Morgan fingerprint density at radius 3 is 3.45 bits per heavy atom. The Bertz CT molecular complexity index is 280. The molecule has 0 aromatic carbocycles. The van der Waals surface area contributed by atoms with E-state index in [9.17, 15) is 4.79 Å². The molecule has 0 unspecified atom stereocenters. The highest BCUT2D eigenvalue weighted by Crippen LogP contribution is 1.99. The molecule has 1 aromatic heterocycles. The normalized spacial score (nSPS) is 16.2. The number of nitrogens with zero attached hydrogens (tertiary/aromatic N) is 2. The average Bonchev–Trinajstić information content (AvgIpc) is 2.31. The molecule has 0 aliphatic carbocycles. The number of fused-ring (bicyclic) bond motifs is 1. The maximum atomic E-state index is 11.0. The summed E-state index contributed by atoms with van der Waals surface area (Å²) in [4.78, 5) is 14.9. The van der Waals surface area contributed by atoms with Crippen molar-refractivity contribution >= 4 is 5.91 Å². The molecule has 0 fully saturated rings. The van der Waals surface area contributed by atoms with Gasteiger partial charge in [0.2, 0.25) is 5.91 Å². The molecule has 58 valence electrons. The molecule has 2 N–H and O–H groups in total. The predicted octanol–water partition coefficient (Wildman–Crippen LogP) is -0.944. The Hall–Kier alpha value is -1.52. The standard InChI is InChI=1S/C6H8N4O/c11-6-1-5-2-7-4-10(5)9-3-8-6/h2,4,9H,1,3H2,(H,8,11). The fraction of sp³-hybridized carbons (Fsp3) is 0.333. The number of nitrogens with one attached hydrogen (secondary N) is 2. The minimum Gasteiger partial charge on any atom is -0.337 e. The van der Waals surface area contributed by atoms with Gasteiger partial charge < -0.3 is 10.7 Å². The van der Waals surface area contributed by atoms with Gasteiger partial charge in [-0.2, -0.15) is 0 Å².